The Labute approximate surface area is 94.7 Å². The van der Waals surface area contributed by atoms with E-state index in [1.54, 1.807) is 0 Å². The van der Waals surface area contributed by atoms with Crippen molar-refractivity contribution in [1.82, 2.24) is 0 Å². The van der Waals surface area contributed by atoms with E-state index in [9.17, 15) is 0 Å². The van der Waals surface area contributed by atoms with Crippen LogP contribution >= 0.6 is 11.8 Å². The molecule has 1 heterocycles. The van der Waals surface area contributed by atoms with Gasteiger partial charge in [-0.2, -0.15) is 5.26 Å². The van der Waals surface area contributed by atoms with Gasteiger partial charge in [0, 0.05) is 22.6 Å². The van der Waals surface area contributed by atoms with Gasteiger partial charge in [0.2, 0.25) is 0 Å². The zero-order valence-electron chi connectivity index (χ0n) is 8.95. The fraction of sp³-hybridized carbons (Fsp3) is 0.417. The molecule has 0 fully saturated rings. The number of rotatable bonds is 1. The summed E-state index contributed by atoms with van der Waals surface area (Å²) in [4.78, 5) is 1.27. The predicted octanol–water partition coefficient (Wildman–Crippen LogP) is 3.18. The molecule has 0 radical (unpaired) electrons. The Hall–Kier alpha value is -1.14. The maximum Gasteiger partial charge on any atom is 0.0634 e. The third kappa shape index (κ3) is 1.95. The van der Waals surface area contributed by atoms with Gasteiger partial charge < -0.3 is 5.32 Å². The fourth-order valence-electron chi connectivity index (χ4n) is 1.82. The molecule has 2 unspecified atom stereocenters. The molecule has 0 aromatic heterocycles. The summed E-state index contributed by atoms with van der Waals surface area (Å²) in [5.41, 5.74) is 2.52. The van der Waals surface area contributed by atoms with Crippen molar-refractivity contribution in [2.24, 2.45) is 0 Å². The van der Waals surface area contributed by atoms with E-state index >= 15 is 0 Å². The Balaban J connectivity index is 2.30. The molecule has 1 aliphatic heterocycles. The summed E-state index contributed by atoms with van der Waals surface area (Å²) in [7, 11) is 0. The fourth-order valence-corrected chi connectivity index (χ4v) is 3.07. The Morgan fingerprint density at radius 3 is 3.07 bits per heavy atom. The van der Waals surface area contributed by atoms with Gasteiger partial charge in [0.05, 0.1) is 11.8 Å². The van der Waals surface area contributed by atoms with Gasteiger partial charge in [-0.15, -0.1) is 11.8 Å². The number of aryl methyl sites for hydroxylation is 1. The summed E-state index contributed by atoms with van der Waals surface area (Å²) in [5, 5.41) is 12.6. The summed E-state index contributed by atoms with van der Waals surface area (Å²) in [6, 6.07) is 8.92. The van der Waals surface area contributed by atoms with Crippen molar-refractivity contribution < 1.29 is 0 Å². The van der Waals surface area contributed by atoms with E-state index in [1.807, 2.05) is 11.8 Å². The molecule has 1 N–H and O–H groups in total. The highest BCUT2D eigenvalue weighted by Gasteiger charge is 2.25. The van der Waals surface area contributed by atoms with Crippen LogP contribution in [0, 0.1) is 18.3 Å². The first-order chi connectivity index (χ1) is 7.22. The predicted molar refractivity (Wildman–Crippen MR) is 64.1 cm³/mol. The number of hydrogen-bond donors (Lipinski definition) is 1. The van der Waals surface area contributed by atoms with Crippen LogP contribution in [-0.2, 0) is 0 Å². The Kier molecular flexibility index (Phi) is 2.88. The largest absolute Gasteiger partial charge is 0.380 e. The van der Waals surface area contributed by atoms with Gasteiger partial charge >= 0.3 is 0 Å². The van der Waals surface area contributed by atoms with Crippen LogP contribution in [0.1, 0.15) is 18.9 Å². The lowest BCUT2D eigenvalue weighted by Gasteiger charge is -2.31. The van der Waals surface area contributed by atoms with Crippen LogP contribution < -0.4 is 5.32 Å². The third-order valence-electron chi connectivity index (χ3n) is 2.74. The summed E-state index contributed by atoms with van der Waals surface area (Å²) in [5.74, 6) is 0. The number of hydrogen-bond acceptors (Lipinski definition) is 3. The molecule has 2 rings (SSSR count). The lowest BCUT2D eigenvalue weighted by Crippen LogP contribution is -2.31. The molecule has 1 aromatic rings. The molecule has 0 aliphatic carbocycles. The Morgan fingerprint density at radius 1 is 1.53 bits per heavy atom. The van der Waals surface area contributed by atoms with Crippen LogP contribution in [-0.4, -0.2) is 11.3 Å². The highest BCUT2D eigenvalue weighted by Crippen LogP contribution is 2.40. The summed E-state index contributed by atoms with van der Waals surface area (Å²) < 4.78 is 0. The number of thioether (sulfide) groups is 1. The molecule has 0 saturated carbocycles. The number of nitriles is 1. The number of nitrogens with one attached hydrogen (secondary N) is 1. The van der Waals surface area contributed by atoms with Gasteiger partial charge in [0.15, 0.2) is 0 Å². The van der Waals surface area contributed by atoms with E-state index in [0.29, 0.717) is 17.7 Å². The van der Waals surface area contributed by atoms with E-state index in [2.05, 4.69) is 43.4 Å². The van der Waals surface area contributed by atoms with E-state index in [0.717, 1.165) is 0 Å². The average molecular weight is 218 g/mol. The molecule has 3 heteroatoms. The number of nitrogens with zero attached hydrogens (tertiary/aromatic N) is 1. The molecular weight excluding hydrogens is 204 g/mol. The van der Waals surface area contributed by atoms with Gasteiger partial charge in [-0.1, -0.05) is 12.1 Å². The molecular formula is C12H14N2S. The van der Waals surface area contributed by atoms with Gasteiger partial charge in [0.25, 0.3) is 0 Å². The van der Waals surface area contributed by atoms with Crippen LogP contribution in [0.5, 0.6) is 0 Å². The highest BCUT2D eigenvalue weighted by molar-refractivity contribution is 8.00. The Morgan fingerprint density at radius 2 is 2.33 bits per heavy atom. The van der Waals surface area contributed by atoms with Crippen LogP contribution in [0.4, 0.5) is 5.69 Å². The van der Waals surface area contributed by atoms with Crippen molar-refractivity contribution >= 4 is 17.4 Å². The van der Waals surface area contributed by atoms with Crippen molar-refractivity contribution in [3.8, 4) is 6.07 Å². The van der Waals surface area contributed by atoms with E-state index in [-0.39, 0.29) is 0 Å². The topological polar surface area (TPSA) is 35.8 Å². The highest BCUT2D eigenvalue weighted by atomic mass is 32.2. The number of benzene rings is 1. The zero-order valence-corrected chi connectivity index (χ0v) is 9.77. The average Bonchev–Trinajstić information content (AvgIpc) is 2.21. The minimum absolute atomic E-state index is 0.364. The quantitative estimate of drug-likeness (QED) is 0.786. The smallest absolute Gasteiger partial charge is 0.0634 e. The molecule has 2 nitrogen and oxygen atoms in total. The minimum atomic E-state index is 0.364. The SMILES string of the molecule is Cc1cccc2c1NC(C)C(CC#N)S2. The zero-order chi connectivity index (χ0) is 10.8. The molecule has 1 aliphatic rings. The van der Waals surface area contributed by atoms with E-state index in [1.165, 1.54) is 16.1 Å². The van der Waals surface area contributed by atoms with Gasteiger partial charge in [-0.3, -0.25) is 0 Å². The monoisotopic (exact) mass is 218 g/mol. The lowest BCUT2D eigenvalue weighted by atomic mass is 10.1. The van der Waals surface area contributed by atoms with Crippen LogP contribution in [0.2, 0.25) is 0 Å². The first-order valence-electron chi connectivity index (χ1n) is 5.12. The molecule has 0 spiro atoms. The second kappa shape index (κ2) is 4.16. The van der Waals surface area contributed by atoms with Crippen molar-refractivity contribution in [1.29, 1.82) is 5.26 Å². The standard InChI is InChI=1S/C12H14N2S/c1-8-4-3-5-11-12(8)14-9(2)10(15-11)6-7-13/h3-5,9-10,14H,6H2,1-2H3. The minimum Gasteiger partial charge on any atom is -0.380 e. The maximum absolute atomic E-state index is 8.75. The van der Waals surface area contributed by atoms with Crippen molar-refractivity contribution in [3.63, 3.8) is 0 Å². The van der Waals surface area contributed by atoms with Crippen LogP contribution in [0.3, 0.4) is 0 Å². The van der Waals surface area contributed by atoms with Crippen molar-refractivity contribution in [2.45, 2.75) is 36.5 Å². The van der Waals surface area contributed by atoms with Gasteiger partial charge in [-0.05, 0) is 25.5 Å². The first-order valence-corrected chi connectivity index (χ1v) is 6.00. The number of fused-ring (bicyclic) bond motifs is 1. The van der Waals surface area contributed by atoms with Gasteiger partial charge in [-0.25, -0.2) is 0 Å². The molecule has 78 valence electrons. The van der Waals surface area contributed by atoms with E-state index < -0.39 is 0 Å². The molecule has 0 amide bonds. The second-order valence-electron chi connectivity index (χ2n) is 3.90. The summed E-state index contributed by atoms with van der Waals surface area (Å²) in [6.07, 6.45) is 0.603. The maximum atomic E-state index is 8.75. The summed E-state index contributed by atoms with van der Waals surface area (Å²) >= 11 is 1.82. The molecule has 0 bridgehead atoms. The number of anilines is 1. The molecule has 15 heavy (non-hydrogen) atoms. The number of para-hydroxylation sites is 1. The second-order valence-corrected chi connectivity index (χ2v) is 5.18. The normalized spacial score (nSPS) is 23.8. The molecule has 0 saturated heterocycles. The molecule has 2 atom stereocenters. The lowest BCUT2D eigenvalue weighted by molar-refractivity contribution is 0.728. The van der Waals surface area contributed by atoms with Gasteiger partial charge in [0.1, 0.15) is 0 Å². The molecule has 1 aromatic carbocycles. The van der Waals surface area contributed by atoms with Crippen molar-refractivity contribution in [2.75, 3.05) is 5.32 Å². The van der Waals surface area contributed by atoms with Crippen LogP contribution in [0.15, 0.2) is 23.1 Å². The van der Waals surface area contributed by atoms with Crippen LogP contribution in [0.25, 0.3) is 0 Å². The first kappa shape index (κ1) is 10.4. The third-order valence-corrected chi connectivity index (χ3v) is 4.21. The van der Waals surface area contributed by atoms with E-state index in [4.69, 9.17) is 5.26 Å². The Bertz CT molecular complexity index is 409. The summed E-state index contributed by atoms with van der Waals surface area (Å²) in [6.45, 7) is 4.26. The van der Waals surface area contributed by atoms with Crippen molar-refractivity contribution in [3.05, 3.63) is 23.8 Å².